The Morgan fingerprint density at radius 3 is 2.44 bits per heavy atom. The maximum atomic E-state index is 13.0. The Morgan fingerprint density at radius 1 is 1.11 bits per heavy atom. The fraction of sp³-hybridized carbons (Fsp3) is 0.304. The lowest BCUT2D eigenvalue weighted by molar-refractivity contribution is 0.102. The minimum Gasteiger partial charge on any atom is -0.321 e. The number of amides is 1. The maximum Gasteiger partial charge on any atom is 0.267 e. The van der Waals surface area contributed by atoms with Crippen molar-refractivity contribution in [2.75, 3.05) is 5.32 Å². The molecule has 1 heterocycles. The van der Waals surface area contributed by atoms with Crippen molar-refractivity contribution >= 4 is 22.9 Å². The molecule has 3 rings (SSSR count). The van der Waals surface area contributed by atoms with Crippen molar-refractivity contribution in [2.45, 2.75) is 47.0 Å². The lowest BCUT2D eigenvalue weighted by Crippen LogP contribution is -2.14. The molecule has 3 nitrogen and oxygen atoms in total. The Kier molecular flexibility index (Phi) is 5.76. The second-order valence-corrected chi connectivity index (χ2v) is 8.13. The minimum absolute atomic E-state index is 0.0855. The van der Waals surface area contributed by atoms with Crippen molar-refractivity contribution in [3.8, 4) is 10.6 Å². The molecule has 27 heavy (non-hydrogen) atoms. The average Bonchev–Trinajstić information content (AvgIpc) is 3.05. The van der Waals surface area contributed by atoms with Crippen LogP contribution in [0.25, 0.3) is 10.6 Å². The highest BCUT2D eigenvalue weighted by Crippen LogP contribution is 2.31. The van der Waals surface area contributed by atoms with E-state index in [1.54, 1.807) is 0 Å². The monoisotopic (exact) mass is 378 g/mol. The molecule has 0 atom stereocenters. The number of benzene rings is 2. The zero-order valence-electron chi connectivity index (χ0n) is 16.6. The summed E-state index contributed by atoms with van der Waals surface area (Å²) in [5, 5.41) is 4.02. The van der Waals surface area contributed by atoms with E-state index in [0.29, 0.717) is 10.8 Å². The Bertz CT molecular complexity index is 955. The second-order valence-electron chi connectivity index (χ2n) is 7.13. The second kappa shape index (κ2) is 8.05. The Hall–Kier alpha value is -2.46. The fourth-order valence-corrected chi connectivity index (χ4v) is 4.09. The zero-order valence-corrected chi connectivity index (χ0v) is 17.4. The van der Waals surface area contributed by atoms with Crippen LogP contribution in [0.3, 0.4) is 0 Å². The van der Waals surface area contributed by atoms with Gasteiger partial charge in [0.1, 0.15) is 9.88 Å². The van der Waals surface area contributed by atoms with Crippen LogP contribution in [0.15, 0.2) is 42.5 Å². The number of carbonyl (C=O) groups excluding carboxylic acids is 1. The molecule has 0 saturated heterocycles. The molecule has 0 bridgehead atoms. The van der Waals surface area contributed by atoms with Crippen LogP contribution in [-0.4, -0.2) is 10.9 Å². The third-order valence-electron chi connectivity index (χ3n) is 4.78. The molecular formula is C23H26N2OS. The summed E-state index contributed by atoms with van der Waals surface area (Å²) in [4.78, 5) is 18.3. The van der Waals surface area contributed by atoms with Crippen LogP contribution in [0, 0.1) is 13.8 Å². The Labute approximate surface area is 165 Å². The lowest BCUT2D eigenvalue weighted by atomic mass is 9.98. The van der Waals surface area contributed by atoms with Crippen LogP contribution in [0.5, 0.6) is 0 Å². The van der Waals surface area contributed by atoms with Crippen LogP contribution in [0.2, 0.25) is 0 Å². The predicted molar refractivity (Wildman–Crippen MR) is 115 cm³/mol. The largest absolute Gasteiger partial charge is 0.321 e. The highest BCUT2D eigenvalue weighted by Gasteiger charge is 2.19. The number of para-hydroxylation sites is 1. The highest BCUT2D eigenvalue weighted by molar-refractivity contribution is 7.17. The van der Waals surface area contributed by atoms with Crippen LogP contribution in [0.1, 0.15) is 58.7 Å². The number of aromatic nitrogens is 1. The first kappa shape index (κ1) is 19.3. The Morgan fingerprint density at radius 2 is 1.81 bits per heavy atom. The zero-order chi connectivity index (χ0) is 19.6. The van der Waals surface area contributed by atoms with Gasteiger partial charge in [0.25, 0.3) is 5.91 Å². The van der Waals surface area contributed by atoms with Crippen molar-refractivity contribution in [3.05, 3.63) is 69.7 Å². The highest BCUT2D eigenvalue weighted by atomic mass is 32.1. The van der Waals surface area contributed by atoms with Crippen molar-refractivity contribution in [1.29, 1.82) is 0 Å². The van der Waals surface area contributed by atoms with Gasteiger partial charge in [0.05, 0.1) is 5.69 Å². The molecule has 1 amide bonds. The quantitative estimate of drug-likeness (QED) is 0.561. The van der Waals surface area contributed by atoms with E-state index >= 15 is 0 Å². The van der Waals surface area contributed by atoms with Gasteiger partial charge in [-0.25, -0.2) is 4.98 Å². The van der Waals surface area contributed by atoms with Crippen LogP contribution >= 0.6 is 11.3 Å². The van der Waals surface area contributed by atoms with Gasteiger partial charge in [0, 0.05) is 11.3 Å². The fourth-order valence-electron chi connectivity index (χ4n) is 3.13. The number of aryl methyl sites for hydroxylation is 3. The molecule has 0 saturated carbocycles. The molecule has 0 aliphatic carbocycles. The van der Waals surface area contributed by atoms with E-state index in [1.807, 2.05) is 26.0 Å². The van der Waals surface area contributed by atoms with E-state index < -0.39 is 0 Å². The Balaban J connectivity index is 1.89. The topological polar surface area (TPSA) is 42.0 Å². The molecule has 0 radical (unpaired) electrons. The molecule has 0 aliphatic heterocycles. The molecule has 2 aromatic carbocycles. The van der Waals surface area contributed by atoms with E-state index in [-0.39, 0.29) is 5.91 Å². The van der Waals surface area contributed by atoms with E-state index in [9.17, 15) is 4.79 Å². The van der Waals surface area contributed by atoms with Crippen LogP contribution in [-0.2, 0) is 6.42 Å². The van der Waals surface area contributed by atoms with Gasteiger partial charge in [-0.2, -0.15) is 0 Å². The summed E-state index contributed by atoms with van der Waals surface area (Å²) in [5.74, 6) is 0.257. The molecule has 1 aromatic heterocycles. The van der Waals surface area contributed by atoms with E-state index in [0.717, 1.165) is 39.5 Å². The molecular weight excluding hydrogens is 352 g/mol. The molecule has 0 fully saturated rings. The summed E-state index contributed by atoms with van der Waals surface area (Å²) in [5.41, 5.74) is 6.27. The predicted octanol–water partition coefficient (Wildman–Crippen LogP) is 6.37. The van der Waals surface area contributed by atoms with Gasteiger partial charge in [-0.3, -0.25) is 4.79 Å². The van der Waals surface area contributed by atoms with Crippen molar-refractivity contribution < 1.29 is 4.79 Å². The summed E-state index contributed by atoms with van der Waals surface area (Å²) >= 11 is 1.45. The van der Waals surface area contributed by atoms with E-state index in [1.165, 1.54) is 16.9 Å². The SMILES string of the molecule is CCc1ccc(-c2nc(C)c(C(=O)Nc3c(C)cccc3C(C)C)s2)cc1. The van der Waals surface area contributed by atoms with Crippen LogP contribution < -0.4 is 5.32 Å². The standard InChI is InChI=1S/C23H26N2OS/c1-6-17-10-12-18(13-11-17)23-24-16(5)21(27-23)22(26)25-20-15(4)8-7-9-19(20)14(2)3/h7-14H,6H2,1-5H3,(H,25,26). The van der Waals surface area contributed by atoms with Gasteiger partial charge in [-0.15, -0.1) is 11.3 Å². The summed E-state index contributed by atoms with van der Waals surface area (Å²) < 4.78 is 0. The molecule has 4 heteroatoms. The smallest absolute Gasteiger partial charge is 0.267 e. The van der Waals surface area contributed by atoms with Gasteiger partial charge in [0.2, 0.25) is 0 Å². The number of nitrogens with zero attached hydrogens (tertiary/aromatic N) is 1. The molecule has 0 aliphatic rings. The molecule has 140 valence electrons. The number of thiazole rings is 1. The van der Waals surface area contributed by atoms with Crippen molar-refractivity contribution in [1.82, 2.24) is 4.98 Å². The number of hydrogen-bond donors (Lipinski definition) is 1. The summed E-state index contributed by atoms with van der Waals surface area (Å²) in [7, 11) is 0. The first-order chi connectivity index (χ1) is 12.9. The summed E-state index contributed by atoms with van der Waals surface area (Å²) in [6.07, 6.45) is 1.01. The number of carbonyl (C=O) groups is 1. The summed E-state index contributed by atoms with van der Waals surface area (Å²) in [6.45, 7) is 10.3. The van der Waals surface area contributed by atoms with Crippen molar-refractivity contribution in [3.63, 3.8) is 0 Å². The minimum atomic E-state index is -0.0855. The maximum absolute atomic E-state index is 13.0. The third-order valence-corrected chi connectivity index (χ3v) is 5.98. The van der Waals surface area contributed by atoms with Gasteiger partial charge >= 0.3 is 0 Å². The lowest BCUT2D eigenvalue weighted by Gasteiger charge is -2.16. The molecule has 0 unspecified atom stereocenters. The summed E-state index contributed by atoms with van der Waals surface area (Å²) in [6, 6.07) is 14.5. The molecule has 0 spiro atoms. The average molecular weight is 379 g/mol. The van der Waals surface area contributed by atoms with E-state index in [4.69, 9.17) is 0 Å². The normalized spacial score (nSPS) is 11.0. The third kappa shape index (κ3) is 4.11. The van der Waals surface area contributed by atoms with Gasteiger partial charge in [0.15, 0.2) is 0 Å². The van der Waals surface area contributed by atoms with Crippen molar-refractivity contribution in [2.24, 2.45) is 0 Å². The number of anilines is 1. The van der Waals surface area contributed by atoms with Gasteiger partial charge in [-0.05, 0) is 42.9 Å². The number of nitrogens with one attached hydrogen (secondary N) is 1. The van der Waals surface area contributed by atoms with E-state index in [2.05, 4.69) is 61.4 Å². The first-order valence-corrected chi connectivity index (χ1v) is 10.2. The van der Waals surface area contributed by atoms with Gasteiger partial charge < -0.3 is 5.32 Å². The molecule has 1 N–H and O–H groups in total. The molecule has 3 aromatic rings. The number of hydrogen-bond acceptors (Lipinski definition) is 3. The van der Waals surface area contributed by atoms with Crippen LogP contribution in [0.4, 0.5) is 5.69 Å². The number of rotatable bonds is 5. The first-order valence-electron chi connectivity index (χ1n) is 9.38. The van der Waals surface area contributed by atoms with Gasteiger partial charge in [-0.1, -0.05) is 63.2 Å².